The molecular formula is C15H12N2O2. The van der Waals surface area contributed by atoms with Crippen molar-refractivity contribution in [3.63, 3.8) is 0 Å². The second kappa shape index (κ2) is 4.65. The molecule has 94 valence electrons. The summed E-state index contributed by atoms with van der Waals surface area (Å²) in [4.78, 5) is 20.5. The highest BCUT2D eigenvalue weighted by Gasteiger charge is 2.26. The number of hydrogen-bond donors (Lipinski definition) is 0. The molecule has 1 aromatic rings. The van der Waals surface area contributed by atoms with Crippen LogP contribution in [0.1, 0.15) is 5.56 Å². The first-order chi connectivity index (χ1) is 9.28. The van der Waals surface area contributed by atoms with Gasteiger partial charge in [0.1, 0.15) is 11.7 Å². The van der Waals surface area contributed by atoms with Crippen LogP contribution in [0.25, 0.3) is 0 Å². The summed E-state index contributed by atoms with van der Waals surface area (Å²) >= 11 is 0. The van der Waals surface area contributed by atoms with Crippen LogP contribution in [0.3, 0.4) is 0 Å². The molecule has 1 aliphatic heterocycles. The van der Waals surface area contributed by atoms with Gasteiger partial charge in [0, 0.05) is 5.56 Å². The van der Waals surface area contributed by atoms with E-state index < -0.39 is 0 Å². The first-order valence-electron chi connectivity index (χ1n) is 5.98. The molecule has 0 spiro atoms. The molecule has 1 unspecified atom stereocenters. The number of amides is 1. The summed E-state index contributed by atoms with van der Waals surface area (Å²) in [6.07, 6.45) is 7.38. The molecule has 1 aromatic carbocycles. The summed E-state index contributed by atoms with van der Waals surface area (Å²) in [5.41, 5.74) is 1.55. The van der Waals surface area contributed by atoms with Gasteiger partial charge < -0.3 is 4.74 Å². The minimum atomic E-state index is -0.327. The number of rotatable bonds is 2. The normalized spacial score (nSPS) is 20.7. The molecule has 0 saturated carbocycles. The maximum atomic E-state index is 12.0. The van der Waals surface area contributed by atoms with Crippen LogP contribution in [0, 0.1) is 5.92 Å². The molecule has 1 heterocycles. The standard InChI is InChI=1S/C15H12N2O2/c1-19-11-8-6-10(7-9-11)14-16-13-5-3-2-4-12(13)15(18)17-14/h2-9,12H,1H3. The Bertz CT molecular complexity index is 637. The molecule has 4 heteroatoms. The Morgan fingerprint density at radius 3 is 2.63 bits per heavy atom. The topological polar surface area (TPSA) is 51.0 Å². The second-order valence-electron chi connectivity index (χ2n) is 4.26. The number of methoxy groups -OCH3 is 1. The SMILES string of the molecule is COc1ccc(C2=NC(=O)C3C=CC=CC3=N2)cc1. The van der Waals surface area contributed by atoms with Gasteiger partial charge >= 0.3 is 0 Å². The quantitative estimate of drug-likeness (QED) is 0.810. The van der Waals surface area contributed by atoms with E-state index in [0.717, 1.165) is 17.0 Å². The van der Waals surface area contributed by atoms with E-state index in [4.69, 9.17) is 4.74 Å². The Kier molecular flexibility index (Phi) is 2.83. The van der Waals surface area contributed by atoms with Gasteiger partial charge in [-0.3, -0.25) is 4.79 Å². The zero-order valence-corrected chi connectivity index (χ0v) is 10.4. The molecule has 3 rings (SSSR count). The van der Waals surface area contributed by atoms with Crippen molar-refractivity contribution in [3.05, 3.63) is 54.1 Å². The van der Waals surface area contributed by atoms with Gasteiger partial charge in [-0.2, -0.15) is 4.99 Å². The van der Waals surface area contributed by atoms with E-state index in [1.165, 1.54) is 0 Å². The highest BCUT2D eigenvalue weighted by molar-refractivity contribution is 6.24. The van der Waals surface area contributed by atoms with E-state index in [0.29, 0.717) is 5.84 Å². The van der Waals surface area contributed by atoms with Crippen LogP contribution in [0.2, 0.25) is 0 Å². The molecular weight excluding hydrogens is 240 g/mol. The van der Waals surface area contributed by atoms with E-state index in [-0.39, 0.29) is 11.8 Å². The lowest BCUT2D eigenvalue weighted by atomic mass is 9.96. The Hall–Kier alpha value is -2.49. The van der Waals surface area contributed by atoms with Crippen molar-refractivity contribution in [1.82, 2.24) is 0 Å². The number of hydrogen-bond acceptors (Lipinski definition) is 3. The first kappa shape index (κ1) is 11.6. The Labute approximate surface area is 110 Å². The zero-order valence-electron chi connectivity index (χ0n) is 10.4. The molecule has 19 heavy (non-hydrogen) atoms. The van der Waals surface area contributed by atoms with Gasteiger partial charge in [0.05, 0.1) is 12.8 Å². The number of carbonyl (C=O) groups is 1. The van der Waals surface area contributed by atoms with Crippen molar-refractivity contribution in [3.8, 4) is 5.75 Å². The summed E-state index contributed by atoms with van der Waals surface area (Å²) in [6, 6.07) is 7.34. The predicted molar refractivity (Wildman–Crippen MR) is 73.7 cm³/mol. The van der Waals surface area contributed by atoms with E-state index in [2.05, 4.69) is 9.98 Å². The molecule has 1 aliphatic carbocycles. The van der Waals surface area contributed by atoms with Crippen LogP contribution in [-0.2, 0) is 4.79 Å². The van der Waals surface area contributed by atoms with Gasteiger partial charge in [-0.15, -0.1) is 0 Å². The number of aliphatic imine (C=N–C) groups is 2. The van der Waals surface area contributed by atoms with Crippen LogP contribution in [0.4, 0.5) is 0 Å². The second-order valence-corrected chi connectivity index (χ2v) is 4.26. The molecule has 0 fully saturated rings. The highest BCUT2D eigenvalue weighted by atomic mass is 16.5. The van der Waals surface area contributed by atoms with Gasteiger partial charge in [0.15, 0.2) is 5.84 Å². The van der Waals surface area contributed by atoms with Crippen molar-refractivity contribution < 1.29 is 9.53 Å². The van der Waals surface area contributed by atoms with Crippen molar-refractivity contribution >= 4 is 17.5 Å². The fraction of sp³-hybridized carbons (Fsp3) is 0.133. The van der Waals surface area contributed by atoms with Crippen LogP contribution in [-0.4, -0.2) is 24.6 Å². The molecule has 4 nitrogen and oxygen atoms in total. The fourth-order valence-corrected chi connectivity index (χ4v) is 2.04. The summed E-state index contributed by atoms with van der Waals surface area (Å²) in [5, 5.41) is 0. The zero-order chi connectivity index (χ0) is 13.2. The maximum Gasteiger partial charge on any atom is 0.260 e. The minimum Gasteiger partial charge on any atom is -0.497 e. The number of nitrogens with zero attached hydrogens (tertiary/aromatic N) is 2. The lowest BCUT2D eigenvalue weighted by Crippen LogP contribution is -2.27. The van der Waals surface area contributed by atoms with Crippen molar-refractivity contribution in [2.45, 2.75) is 0 Å². The number of allylic oxidation sites excluding steroid dienone is 3. The molecule has 0 bridgehead atoms. The molecule has 1 amide bonds. The van der Waals surface area contributed by atoms with E-state index in [1.807, 2.05) is 48.6 Å². The molecule has 2 aliphatic rings. The van der Waals surface area contributed by atoms with Gasteiger partial charge in [-0.05, 0) is 30.3 Å². The predicted octanol–water partition coefficient (Wildman–Crippen LogP) is 2.17. The van der Waals surface area contributed by atoms with Gasteiger partial charge in [0.25, 0.3) is 5.91 Å². The third-order valence-corrected chi connectivity index (χ3v) is 3.07. The highest BCUT2D eigenvalue weighted by Crippen LogP contribution is 2.20. The van der Waals surface area contributed by atoms with Gasteiger partial charge in [-0.25, -0.2) is 4.99 Å². The van der Waals surface area contributed by atoms with E-state index >= 15 is 0 Å². The number of carbonyl (C=O) groups excluding carboxylic acids is 1. The van der Waals surface area contributed by atoms with Crippen LogP contribution in [0.5, 0.6) is 5.75 Å². The van der Waals surface area contributed by atoms with E-state index in [9.17, 15) is 4.79 Å². The fourth-order valence-electron chi connectivity index (χ4n) is 2.04. The van der Waals surface area contributed by atoms with Crippen LogP contribution >= 0.6 is 0 Å². The van der Waals surface area contributed by atoms with Crippen LogP contribution in [0.15, 0.2) is 58.6 Å². The van der Waals surface area contributed by atoms with Gasteiger partial charge in [0.2, 0.25) is 0 Å². The average Bonchev–Trinajstić information content (AvgIpc) is 2.47. The number of fused-ring (bicyclic) bond motifs is 1. The lowest BCUT2D eigenvalue weighted by molar-refractivity contribution is -0.118. The summed E-state index contributed by atoms with van der Waals surface area (Å²) in [5.74, 6) is 0.722. The third-order valence-electron chi connectivity index (χ3n) is 3.07. The molecule has 0 radical (unpaired) electrons. The van der Waals surface area contributed by atoms with Crippen molar-refractivity contribution in [2.75, 3.05) is 7.11 Å². The minimum absolute atomic E-state index is 0.170. The monoisotopic (exact) mass is 252 g/mol. The lowest BCUT2D eigenvalue weighted by Gasteiger charge is -2.17. The van der Waals surface area contributed by atoms with Crippen molar-refractivity contribution in [1.29, 1.82) is 0 Å². The third kappa shape index (κ3) is 2.12. The molecule has 0 aromatic heterocycles. The smallest absolute Gasteiger partial charge is 0.260 e. The summed E-state index contributed by atoms with van der Waals surface area (Å²) in [7, 11) is 1.61. The largest absolute Gasteiger partial charge is 0.497 e. The molecule has 1 atom stereocenters. The number of amidine groups is 1. The number of ether oxygens (including phenoxy) is 1. The molecule has 0 saturated heterocycles. The Morgan fingerprint density at radius 1 is 1.11 bits per heavy atom. The van der Waals surface area contributed by atoms with E-state index in [1.54, 1.807) is 7.11 Å². The maximum absolute atomic E-state index is 12.0. The first-order valence-corrected chi connectivity index (χ1v) is 5.98. The molecule has 0 N–H and O–H groups in total. The Balaban J connectivity index is 1.97. The average molecular weight is 252 g/mol. The van der Waals surface area contributed by atoms with Crippen molar-refractivity contribution in [2.24, 2.45) is 15.9 Å². The Morgan fingerprint density at radius 2 is 1.89 bits per heavy atom. The van der Waals surface area contributed by atoms with Gasteiger partial charge in [-0.1, -0.05) is 18.2 Å². The number of benzene rings is 1. The summed E-state index contributed by atoms with van der Waals surface area (Å²) in [6.45, 7) is 0. The van der Waals surface area contributed by atoms with Crippen LogP contribution < -0.4 is 4.74 Å². The summed E-state index contributed by atoms with van der Waals surface area (Å²) < 4.78 is 5.10.